The molecule has 0 unspecified atom stereocenters. The molecule has 0 saturated heterocycles. The number of hydrogen-bond donors (Lipinski definition) is 1. The van der Waals surface area contributed by atoms with Gasteiger partial charge in [0.2, 0.25) is 5.88 Å². The lowest BCUT2D eigenvalue weighted by Gasteiger charge is -2.02. The molecule has 0 amide bonds. The lowest BCUT2D eigenvalue weighted by atomic mass is 10.2. The summed E-state index contributed by atoms with van der Waals surface area (Å²) in [6.45, 7) is 2.09. The number of nitrogens with zero attached hydrogens (tertiary/aromatic N) is 1. The molecule has 0 spiro atoms. The van der Waals surface area contributed by atoms with Gasteiger partial charge in [-0.2, -0.15) is 0 Å². The zero-order chi connectivity index (χ0) is 12.0. The van der Waals surface area contributed by atoms with E-state index in [1.54, 1.807) is 19.1 Å². The fourth-order valence-electron chi connectivity index (χ4n) is 1.06. The van der Waals surface area contributed by atoms with E-state index in [1.165, 1.54) is 19.4 Å². The predicted octanol–water partition coefficient (Wildman–Crippen LogP) is 1.25. The minimum Gasteiger partial charge on any atom is -0.481 e. The van der Waals surface area contributed by atoms with Gasteiger partial charge >= 0.3 is 5.97 Å². The predicted molar refractivity (Wildman–Crippen MR) is 60.9 cm³/mol. The van der Waals surface area contributed by atoms with Crippen LogP contribution in [-0.2, 0) is 9.53 Å². The number of methoxy groups -OCH3 is 1. The first-order chi connectivity index (χ1) is 7.67. The third-order valence-electron chi connectivity index (χ3n) is 1.84. The summed E-state index contributed by atoms with van der Waals surface area (Å²) in [6.07, 6.45) is 4.40. The van der Waals surface area contributed by atoms with Crippen LogP contribution in [0.2, 0.25) is 0 Å². The van der Waals surface area contributed by atoms with Crippen molar-refractivity contribution in [2.75, 3.05) is 19.5 Å². The Morgan fingerprint density at radius 2 is 2.38 bits per heavy atom. The minimum atomic E-state index is -0.405. The number of anilines is 1. The van der Waals surface area contributed by atoms with E-state index in [1.807, 2.05) is 0 Å². The van der Waals surface area contributed by atoms with E-state index in [2.05, 4.69) is 4.98 Å². The van der Waals surface area contributed by atoms with Gasteiger partial charge in [0, 0.05) is 29.6 Å². The van der Waals surface area contributed by atoms with Crippen LogP contribution in [0.1, 0.15) is 12.5 Å². The molecule has 5 heteroatoms. The maximum atomic E-state index is 11.1. The fourth-order valence-corrected chi connectivity index (χ4v) is 1.06. The van der Waals surface area contributed by atoms with Crippen molar-refractivity contribution in [3.05, 3.63) is 23.9 Å². The molecule has 16 heavy (non-hydrogen) atoms. The topological polar surface area (TPSA) is 74.4 Å². The molecule has 0 radical (unpaired) electrons. The van der Waals surface area contributed by atoms with Crippen molar-refractivity contribution in [2.24, 2.45) is 0 Å². The van der Waals surface area contributed by atoms with Crippen molar-refractivity contribution in [3.63, 3.8) is 0 Å². The SMILES string of the molecule is CCOC(=O)/C=C/c1cnc(OC)cc1N. The Bertz CT molecular complexity index is 402. The molecule has 0 aliphatic heterocycles. The van der Waals surface area contributed by atoms with Gasteiger partial charge in [-0.15, -0.1) is 0 Å². The average molecular weight is 222 g/mol. The molecule has 0 aliphatic carbocycles. The summed E-state index contributed by atoms with van der Waals surface area (Å²) >= 11 is 0. The number of pyridine rings is 1. The van der Waals surface area contributed by atoms with Crippen molar-refractivity contribution in [1.29, 1.82) is 0 Å². The summed E-state index contributed by atoms with van der Waals surface area (Å²) in [5, 5.41) is 0. The second-order valence-corrected chi connectivity index (χ2v) is 2.94. The normalized spacial score (nSPS) is 10.4. The first-order valence-corrected chi connectivity index (χ1v) is 4.81. The average Bonchev–Trinajstić information content (AvgIpc) is 2.27. The van der Waals surface area contributed by atoms with Gasteiger partial charge in [-0.1, -0.05) is 0 Å². The molecule has 86 valence electrons. The van der Waals surface area contributed by atoms with Crippen molar-refractivity contribution in [3.8, 4) is 5.88 Å². The number of rotatable bonds is 4. The number of nitrogens with two attached hydrogens (primary N) is 1. The highest BCUT2D eigenvalue weighted by atomic mass is 16.5. The van der Waals surface area contributed by atoms with Crippen molar-refractivity contribution >= 4 is 17.7 Å². The highest BCUT2D eigenvalue weighted by Crippen LogP contribution is 2.17. The van der Waals surface area contributed by atoms with E-state index >= 15 is 0 Å². The van der Waals surface area contributed by atoms with E-state index in [-0.39, 0.29) is 0 Å². The molecule has 5 nitrogen and oxygen atoms in total. The first kappa shape index (κ1) is 12.0. The molecule has 0 bridgehead atoms. The van der Waals surface area contributed by atoms with Crippen molar-refractivity contribution in [1.82, 2.24) is 4.98 Å². The third kappa shape index (κ3) is 3.27. The molecule has 1 aromatic rings. The molecule has 0 fully saturated rings. The van der Waals surface area contributed by atoms with Crippen LogP contribution in [0.15, 0.2) is 18.3 Å². The zero-order valence-electron chi connectivity index (χ0n) is 9.27. The summed E-state index contributed by atoms with van der Waals surface area (Å²) in [7, 11) is 1.51. The van der Waals surface area contributed by atoms with Crippen LogP contribution in [0.25, 0.3) is 6.08 Å². The van der Waals surface area contributed by atoms with Gasteiger partial charge in [0.15, 0.2) is 0 Å². The highest BCUT2D eigenvalue weighted by molar-refractivity contribution is 5.88. The Balaban J connectivity index is 2.78. The van der Waals surface area contributed by atoms with E-state index in [4.69, 9.17) is 15.2 Å². The van der Waals surface area contributed by atoms with Gasteiger partial charge in [-0.25, -0.2) is 9.78 Å². The fraction of sp³-hybridized carbons (Fsp3) is 0.273. The molecular formula is C11H14N2O3. The summed E-state index contributed by atoms with van der Waals surface area (Å²) in [4.78, 5) is 15.0. The standard InChI is InChI=1S/C11H14N2O3/c1-3-16-11(14)5-4-8-7-13-10(15-2)6-9(8)12/h4-7H,3H2,1-2H3,(H2,12,13)/b5-4+. The number of carbonyl (C=O) groups is 1. The Kier molecular flexibility index (Phi) is 4.32. The van der Waals surface area contributed by atoms with E-state index < -0.39 is 5.97 Å². The second-order valence-electron chi connectivity index (χ2n) is 2.94. The Hall–Kier alpha value is -2.04. The Labute approximate surface area is 93.9 Å². The molecule has 1 rings (SSSR count). The lowest BCUT2D eigenvalue weighted by molar-refractivity contribution is -0.137. The summed E-state index contributed by atoms with van der Waals surface area (Å²) in [6, 6.07) is 1.59. The van der Waals surface area contributed by atoms with Crippen molar-refractivity contribution < 1.29 is 14.3 Å². The summed E-state index contributed by atoms with van der Waals surface area (Å²) < 4.78 is 9.64. The molecule has 0 aromatic carbocycles. The molecule has 0 saturated carbocycles. The van der Waals surface area contributed by atoms with E-state index in [0.29, 0.717) is 23.7 Å². The zero-order valence-corrected chi connectivity index (χ0v) is 9.27. The number of aromatic nitrogens is 1. The van der Waals surface area contributed by atoms with Crippen LogP contribution >= 0.6 is 0 Å². The van der Waals surface area contributed by atoms with Crippen LogP contribution in [0.5, 0.6) is 5.88 Å². The van der Waals surface area contributed by atoms with Gasteiger partial charge in [0.1, 0.15) is 0 Å². The van der Waals surface area contributed by atoms with E-state index in [0.717, 1.165) is 0 Å². The molecular weight excluding hydrogens is 208 g/mol. The van der Waals surface area contributed by atoms with E-state index in [9.17, 15) is 4.79 Å². The number of esters is 1. The Morgan fingerprint density at radius 3 is 2.94 bits per heavy atom. The van der Waals surface area contributed by atoms with Gasteiger partial charge in [-0.05, 0) is 13.0 Å². The second kappa shape index (κ2) is 5.75. The third-order valence-corrected chi connectivity index (χ3v) is 1.84. The molecule has 0 atom stereocenters. The van der Waals surface area contributed by atoms with Crippen LogP contribution in [0.3, 0.4) is 0 Å². The van der Waals surface area contributed by atoms with Crippen LogP contribution in [0.4, 0.5) is 5.69 Å². The number of carbonyl (C=O) groups excluding carboxylic acids is 1. The maximum absolute atomic E-state index is 11.1. The van der Waals surface area contributed by atoms with Crippen LogP contribution in [0, 0.1) is 0 Å². The first-order valence-electron chi connectivity index (χ1n) is 4.81. The highest BCUT2D eigenvalue weighted by Gasteiger charge is 2.00. The van der Waals surface area contributed by atoms with Crippen LogP contribution in [-0.4, -0.2) is 24.7 Å². The molecule has 2 N–H and O–H groups in total. The largest absolute Gasteiger partial charge is 0.481 e. The van der Waals surface area contributed by atoms with Crippen molar-refractivity contribution in [2.45, 2.75) is 6.92 Å². The van der Waals surface area contributed by atoms with Gasteiger partial charge < -0.3 is 15.2 Å². The van der Waals surface area contributed by atoms with Gasteiger partial charge in [-0.3, -0.25) is 0 Å². The smallest absolute Gasteiger partial charge is 0.330 e. The monoisotopic (exact) mass is 222 g/mol. The Morgan fingerprint density at radius 1 is 1.62 bits per heavy atom. The van der Waals surface area contributed by atoms with Crippen LogP contribution < -0.4 is 10.5 Å². The molecule has 1 aromatic heterocycles. The van der Waals surface area contributed by atoms with Gasteiger partial charge in [0.05, 0.1) is 13.7 Å². The maximum Gasteiger partial charge on any atom is 0.330 e. The molecule has 0 aliphatic rings. The minimum absolute atomic E-state index is 0.347. The summed E-state index contributed by atoms with van der Waals surface area (Å²) in [5.74, 6) is 0.0310. The number of ether oxygens (including phenoxy) is 2. The number of hydrogen-bond acceptors (Lipinski definition) is 5. The quantitative estimate of drug-likeness (QED) is 0.613. The molecule has 1 heterocycles. The lowest BCUT2D eigenvalue weighted by Crippen LogP contribution is -1.99. The summed E-state index contributed by atoms with van der Waals surface area (Å²) in [5.41, 5.74) is 6.87. The number of nitrogen functional groups attached to an aromatic ring is 1. The van der Waals surface area contributed by atoms with Gasteiger partial charge in [0.25, 0.3) is 0 Å².